The van der Waals surface area contributed by atoms with Crippen LogP contribution in [0.3, 0.4) is 0 Å². The van der Waals surface area contributed by atoms with Crippen molar-refractivity contribution >= 4 is 36.2 Å². The predicted octanol–water partition coefficient (Wildman–Crippen LogP) is 4.72. The fourth-order valence-corrected chi connectivity index (χ4v) is 4.12. The maximum absolute atomic E-state index is 5.71. The molecule has 1 aliphatic rings. The molecule has 3 nitrogen and oxygen atoms in total. The summed E-state index contributed by atoms with van der Waals surface area (Å²) in [6, 6.07) is 11.3. The second-order valence-corrected chi connectivity index (χ2v) is 7.34. The minimum atomic E-state index is 0. The van der Waals surface area contributed by atoms with Crippen molar-refractivity contribution in [1.29, 1.82) is 0 Å². The van der Waals surface area contributed by atoms with Crippen LogP contribution in [0.15, 0.2) is 35.7 Å². The second-order valence-electron chi connectivity index (χ2n) is 6.36. The summed E-state index contributed by atoms with van der Waals surface area (Å²) in [4.78, 5) is 3.97. The Morgan fingerprint density at radius 1 is 1.12 bits per heavy atom. The molecule has 25 heavy (non-hydrogen) atoms. The van der Waals surface area contributed by atoms with E-state index in [2.05, 4.69) is 59.8 Å². The molecular formula is C19H28Cl2N2OS. The van der Waals surface area contributed by atoms with Gasteiger partial charge in [0.15, 0.2) is 0 Å². The van der Waals surface area contributed by atoms with E-state index in [1.807, 2.05) is 11.3 Å². The molecule has 1 saturated heterocycles. The lowest BCUT2D eigenvalue weighted by Crippen LogP contribution is -2.45. The van der Waals surface area contributed by atoms with Crippen molar-refractivity contribution in [1.82, 2.24) is 10.2 Å². The number of rotatable bonds is 5. The molecule has 3 rings (SSSR count). The highest BCUT2D eigenvalue weighted by Gasteiger charge is 2.27. The van der Waals surface area contributed by atoms with Crippen LogP contribution in [0.25, 0.3) is 0 Å². The molecule has 2 aromatic rings. The molecule has 6 heteroatoms. The fraction of sp³-hybridized carbons (Fsp3) is 0.474. The van der Waals surface area contributed by atoms with Crippen LogP contribution < -0.4 is 10.1 Å². The van der Waals surface area contributed by atoms with Crippen molar-refractivity contribution < 1.29 is 4.74 Å². The minimum absolute atomic E-state index is 0. The number of benzene rings is 1. The number of nitrogens with zero attached hydrogens (tertiary/aromatic N) is 1. The first-order chi connectivity index (χ1) is 11.2. The van der Waals surface area contributed by atoms with Gasteiger partial charge in [-0.1, -0.05) is 26.0 Å². The van der Waals surface area contributed by atoms with Gasteiger partial charge in [0.05, 0.1) is 13.2 Å². The first-order valence-electron chi connectivity index (χ1n) is 8.36. The van der Waals surface area contributed by atoms with E-state index in [1.54, 1.807) is 7.11 Å². The van der Waals surface area contributed by atoms with E-state index in [0.717, 1.165) is 31.9 Å². The zero-order chi connectivity index (χ0) is 16.2. The van der Waals surface area contributed by atoms with Crippen LogP contribution in [-0.2, 0) is 0 Å². The maximum atomic E-state index is 5.71. The summed E-state index contributed by atoms with van der Waals surface area (Å²) in [5, 5.41) is 5.62. The van der Waals surface area contributed by atoms with E-state index in [9.17, 15) is 0 Å². The molecule has 0 spiro atoms. The summed E-state index contributed by atoms with van der Waals surface area (Å²) in [5.74, 6) is 1.51. The van der Waals surface area contributed by atoms with E-state index in [4.69, 9.17) is 4.74 Å². The number of hydrogen-bond donors (Lipinski definition) is 1. The first kappa shape index (κ1) is 22.3. The van der Waals surface area contributed by atoms with E-state index >= 15 is 0 Å². The molecule has 0 bridgehead atoms. The van der Waals surface area contributed by atoms with E-state index in [-0.39, 0.29) is 30.9 Å². The molecule has 140 valence electrons. The summed E-state index contributed by atoms with van der Waals surface area (Å²) in [5.41, 5.74) is 2.67. The van der Waals surface area contributed by atoms with Crippen LogP contribution in [0, 0.1) is 0 Å². The zero-order valence-corrected chi connectivity index (χ0v) is 17.5. The van der Waals surface area contributed by atoms with E-state index in [1.165, 1.54) is 16.0 Å². The van der Waals surface area contributed by atoms with E-state index in [0.29, 0.717) is 5.92 Å². The van der Waals surface area contributed by atoms with Crippen molar-refractivity contribution in [2.75, 3.05) is 33.3 Å². The average molecular weight is 403 g/mol. The van der Waals surface area contributed by atoms with Crippen molar-refractivity contribution in [3.05, 3.63) is 51.7 Å². The highest BCUT2D eigenvalue weighted by molar-refractivity contribution is 7.10. The molecule has 1 atom stereocenters. The van der Waals surface area contributed by atoms with Crippen molar-refractivity contribution in [2.45, 2.75) is 25.8 Å². The standard InChI is InChI=1S/C19H26N2OS.2ClH/c1-14(2)15-6-7-17(22-3)16(13-15)19(18-5-4-12-23-18)21-10-8-20-9-11-21;;/h4-7,12-14,19-20H,8-11H2,1-3H3;2*1H/t19-;;/m1../s1. The Kier molecular flexibility index (Phi) is 9.25. The summed E-state index contributed by atoms with van der Waals surface area (Å²) in [6.45, 7) is 8.73. The largest absolute Gasteiger partial charge is 0.496 e. The second kappa shape index (κ2) is 10.4. The Balaban J connectivity index is 0.00000156. The summed E-state index contributed by atoms with van der Waals surface area (Å²) >= 11 is 1.84. The Morgan fingerprint density at radius 2 is 1.84 bits per heavy atom. The van der Waals surface area contributed by atoms with Crippen LogP contribution in [0.4, 0.5) is 0 Å². The quantitative estimate of drug-likeness (QED) is 0.782. The summed E-state index contributed by atoms with van der Waals surface area (Å²) in [6.07, 6.45) is 0. The highest BCUT2D eigenvalue weighted by Crippen LogP contribution is 2.38. The van der Waals surface area contributed by atoms with Crippen LogP contribution in [-0.4, -0.2) is 38.2 Å². The lowest BCUT2D eigenvalue weighted by atomic mass is 9.95. The van der Waals surface area contributed by atoms with E-state index < -0.39 is 0 Å². The Bertz CT molecular complexity index is 628. The molecule has 0 radical (unpaired) electrons. The van der Waals surface area contributed by atoms with Gasteiger partial charge >= 0.3 is 0 Å². The highest BCUT2D eigenvalue weighted by atomic mass is 35.5. The molecule has 1 aromatic heterocycles. The van der Waals surface area contributed by atoms with Crippen molar-refractivity contribution in [2.24, 2.45) is 0 Å². The number of nitrogens with one attached hydrogen (secondary N) is 1. The maximum Gasteiger partial charge on any atom is 0.124 e. The Morgan fingerprint density at radius 3 is 2.40 bits per heavy atom. The fourth-order valence-electron chi connectivity index (χ4n) is 3.24. The van der Waals surface area contributed by atoms with Gasteiger partial charge < -0.3 is 10.1 Å². The topological polar surface area (TPSA) is 24.5 Å². The van der Waals surface area contributed by atoms with Gasteiger partial charge in [-0.25, -0.2) is 0 Å². The summed E-state index contributed by atoms with van der Waals surface area (Å²) < 4.78 is 5.71. The van der Waals surface area contributed by atoms with Crippen LogP contribution in [0.2, 0.25) is 0 Å². The molecule has 1 aliphatic heterocycles. The van der Waals surface area contributed by atoms with Gasteiger partial charge in [-0.15, -0.1) is 36.2 Å². The van der Waals surface area contributed by atoms with Crippen molar-refractivity contribution in [3.63, 3.8) is 0 Å². The normalized spacial score (nSPS) is 16.0. The number of halogens is 2. The lowest BCUT2D eigenvalue weighted by Gasteiger charge is -2.35. The molecule has 1 N–H and O–H groups in total. The van der Waals surface area contributed by atoms with Gasteiger partial charge in [0.1, 0.15) is 5.75 Å². The smallest absolute Gasteiger partial charge is 0.124 e. The first-order valence-corrected chi connectivity index (χ1v) is 9.24. The predicted molar refractivity (Wildman–Crippen MR) is 112 cm³/mol. The number of thiophene rings is 1. The number of methoxy groups -OCH3 is 1. The molecule has 1 fully saturated rings. The van der Waals surface area contributed by atoms with Crippen LogP contribution in [0.1, 0.15) is 41.8 Å². The number of piperazine rings is 1. The molecule has 1 aromatic carbocycles. The van der Waals surface area contributed by atoms with Crippen LogP contribution in [0.5, 0.6) is 5.75 Å². The molecule has 0 saturated carbocycles. The van der Waals surface area contributed by atoms with Crippen LogP contribution >= 0.6 is 36.2 Å². The summed E-state index contributed by atoms with van der Waals surface area (Å²) in [7, 11) is 1.77. The van der Waals surface area contributed by atoms with Gasteiger partial charge in [-0.2, -0.15) is 0 Å². The average Bonchev–Trinajstić information content (AvgIpc) is 3.10. The lowest BCUT2D eigenvalue weighted by molar-refractivity contribution is 0.197. The van der Waals surface area contributed by atoms with Crippen molar-refractivity contribution in [3.8, 4) is 5.75 Å². The molecular weight excluding hydrogens is 375 g/mol. The molecule has 0 unspecified atom stereocenters. The number of hydrogen-bond acceptors (Lipinski definition) is 4. The van der Waals surface area contributed by atoms with Gasteiger partial charge in [0.25, 0.3) is 0 Å². The minimum Gasteiger partial charge on any atom is -0.496 e. The molecule has 2 heterocycles. The van der Waals surface area contributed by atoms with Gasteiger partial charge in [-0.05, 0) is 35.1 Å². The van der Waals surface area contributed by atoms with Gasteiger partial charge in [0, 0.05) is 36.6 Å². The number of ether oxygens (including phenoxy) is 1. The van der Waals surface area contributed by atoms with Gasteiger partial charge in [-0.3, -0.25) is 4.90 Å². The molecule has 0 aliphatic carbocycles. The third kappa shape index (κ3) is 5.11. The Hall–Kier alpha value is -0.780. The SMILES string of the molecule is COc1ccc(C(C)C)cc1[C@H](c1cccs1)N1CCNCC1.Cl.Cl. The zero-order valence-electron chi connectivity index (χ0n) is 15.0. The third-order valence-corrected chi connectivity index (χ3v) is 5.47. The van der Waals surface area contributed by atoms with Gasteiger partial charge in [0.2, 0.25) is 0 Å². The molecule has 0 amide bonds. The third-order valence-electron chi connectivity index (χ3n) is 4.54. The monoisotopic (exact) mass is 402 g/mol. The Labute approximate surface area is 167 Å².